The summed E-state index contributed by atoms with van der Waals surface area (Å²) in [5, 5.41) is 7.42. The molecule has 1 aromatic heterocycles. The van der Waals surface area contributed by atoms with Gasteiger partial charge in [0.05, 0.1) is 6.61 Å². The van der Waals surface area contributed by atoms with E-state index in [1.54, 1.807) is 6.20 Å². The number of carbonyl (C=O) groups excluding carboxylic acids is 1. The Hall–Kier alpha value is -1.21. The zero-order valence-electron chi connectivity index (χ0n) is 14.5. The summed E-state index contributed by atoms with van der Waals surface area (Å²) in [6, 6.07) is 10.2. The highest BCUT2D eigenvalue weighted by Gasteiger charge is 2.16. The average Bonchev–Trinajstić information content (AvgIpc) is 2.62. The minimum absolute atomic E-state index is 0. The molecule has 1 saturated heterocycles. The minimum Gasteiger partial charge on any atom is -0.491 e. The molecule has 2 N–H and O–H groups in total. The molecule has 0 saturated carbocycles. The number of nitrogens with zero attached hydrogens (tertiary/aromatic N) is 1. The number of fused-ring (bicyclic) bond motifs is 1. The topological polar surface area (TPSA) is 63.2 Å². The van der Waals surface area contributed by atoms with Crippen molar-refractivity contribution in [3.05, 3.63) is 36.5 Å². The molecule has 0 bridgehead atoms. The van der Waals surface area contributed by atoms with E-state index >= 15 is 0 Å². The maximum absolute atomic E-state index is 11.9. The van der Waals surface area contributed by atoms with E-state index in [2.05, 4.69) is 15.6 Å². The second-order valence-corrected chi connectivity index (χ2v) is 6.96. The zero-order chi connectivity index (χ0) is 16.6. The predicted molar refractivity (Wildman–Crippen MR) is 113 cm³/mol. The predicted octanol–water partition coefficient (Wildman–Crippen LogP) is 3.06. The lowest BCUT2D eigenvalue weighted by Crippen LogP contribution is -2.41. The molecule has 0 spiro atoms. The van der Waals surface area contributed by atoms with E-state index in [0.717, 1.165) is 41.1 Å². The third kappa shape index (κ3) is 6.83. The van der Waals surface area contributed by atoms with E-state index in [0.29, 0.717) is 25.6 Å². The van der Waals surface area contributed by atoms with Crippen LogP contribution in [0.2, 0.25) is 0 Å². The highest BCUT2D eigenvalue weighted by Crippen LogP contribution is 2.22. The molecular weight excluding hydrogens is 393 g/mol. The Balaban J connectivity index is 0.00000169. The van der Waals surface area contributed by atoms with E-state index < -0.39 is 0 Å². The lowest BCUT2D eigenvalue weighted by Gasteiger charge is -2.22. The van der Waals surface area contributed by atoms with Gasteiger partial charge in [0, 0.05) is 48.6 Å². The molecule has 0 aliphatic carbocycles. The summed E-state index contributed by atoms with van der Waals surface area (Å²) in [6.07, 6.45) is 3.11. The molecule has 26 heavy (non-hydrogen) atoms. The highest BCUT2D eigenvalue weighted by atomic mass is 35.5. The molecule has 1 aliphatic rings. The summed E-state index contributed by atoms with van der Waals surface area (Å²) in [5.74, 6) is 3.06. The van der Waals surface area contributed by atoms with Crippen molar-refractivity contribution in [3.8, 4) is 5.75 Å². The van der Waals surface area contributed by atoms with Crippen LogP contribution in [-0.4, -0.2) is 48.1 Å². The third-order valence-corrected chi connectivity index (χ3v) is 5.06. The van der Waals surface area contributed by atoms with Crippen molar-refractivity contribution in [2.24, 2.45) is 0 Å². The Bertz CT molecular complexity index is 679. The first-order valence-corrected chi connectivity index (χ1v) is 9.53. The lowest BCUT2D eigenvalue weighted by molar-refractivity contribution is -0.121. The molecule has 1 fully saturated rings. The average molecular weight is 418 g/mol. The molecule has 144 valence electrons. The quantitative estimate of drug-likeness (QED) is 0.677. The van der Waals surface area contributed by atoms with Crippen molar-refractivity contribution in [2.45, 2.75) is 18.9 Å². The number of para-hydroxylation sites is 1. The normalized spacial score (nSPS) is 16.2. The van der Waals surface area contributed by atoms with Crippen LogP contribution in [0.3, 0.4) is 0 Å². The van der Waals surface area contributed by atoms with E-state index in [4.69, 9.17) is 4.74 Å². The van der Waals surface area contributed by atoms with Gasteiger partial charge in [0.1, 0.15) is 11.3 Å². The van der Waals surface area contributed by atoms with Gasteiger partial charge < -0.3 is 15.4 Å². The summed E-state index contributed by atoms with van der Waals surface area (Å²) in [7, 11) is 0. The van der Waals surface area contributed by atoms with Crippen LogP contribution in [0.5, 0.6) is 5.75 Å². The molecule has 1 amide bonds. The summed E-state index contributed by atoms with van der Waals surface area (Å²) in [5.41, 5.74) is 0.880. The molecule has 1 aromatic carbocycles. The van der Waals surface area contributed by atoms with Crippen molar-refractivity contribution in [2.75, 3.05) is 31.2 Å². The number of ether oxygens (including phenoxy) is 1. The maximum Gasteiger partial charge on any atom is 0.221 e. The van der Waals surface area contributed by atoms with Crippen molar-refractivity contribution in [1.29, 1.82) is 0 Å². The van der Waals surface area contributed by atoms with Gasteiger partial charge >= 0.3 is 0 Å². The first-order chi connectivity index (χ1) is 11.8. The van der Waals surface area contributed by atoms with Crippen LogP contribution in [0.15, 0.2) is 36.5 Å². The summed E-state index contributed by atoms with van der Waals surface area (Å²) < 4.78 is 5.82. The number of rotatable bonds is 7. The number of amides is 1. The van der Waals surface area contributed by atoms with Crippen molar-refractivity contribution in [1.82, 2.24) is 15.6 Å². The zero-order valence-corrected chi connectivity index (χ0v) is 16.9. The fourth-order valence-corrected chi connectivity index (χ4v) is 3.67. The number of hydrogen-bond acceptors (Lipinski definition) is 5. The van der Waals surface area contributed by atoms with Crippen LogP contribution in [0, 0.1) is 0 Å². The summed E-state index contributed by atoms with van der Waals surface area (Å²) in [6.45, 7) is 2.19. The second kappa shape index (κ2) is 12.2. The fraction of sp³-hybridized carbons (Fsp3) is 0.444. The van der Waals surface area contributed by atoms with E-state index in [-0.39, 0.29) is 30.7 Å². The smallest absolute Gasteiger partial charge is 0.221 e. The minimum atomic E-state index is 0. The number of carbonyl (C=O) groups is 1. The Labute approximate surface area is 170 Å². The third-order valence-electron chi connectivity index (χ3n) is 3.93. The fourth-order valence-electron chi connectivity index (χ4n) is 2.72. The van der Waals surface area contributed by atoms with Gasteiger partial charge in [0.2, 0.25) is 5.91 Å². The number of benzene rings is 1. The van der Waals surface area contributed by atoms with Gasteiger partial charge in [-0.1, -0.05) is 18.2 Å². The number of pyridine rings is 1. The number of hydrogen-bond donors (Lipinski definition) is 2. The maximum atomic E-state index is 11.9. The Morgan fingerprint density at radius 3 is 2.96 bits per heavy atom. The summed E-state index contributed by atoms with van der Waals surface area (Å²) >= 11 is 1.91. The van der Waals surface area contributed by atoms with Gasteiger partial charge in [-0.3, -0.25) is 9.78 Å². The molecular formula is C18H25Cl2N3O2S. The molecule has 1 atom stereocenters. The lowest BCUT2D eigenvalue weighted by atomic mass is 10.2. The molecule has 2 heterocycles. The molecule has 1 unspecified atom stereocenters. The van der Waals surface area contributed by atoms with Crippen LogP contribution < -0.4 is 15.4 Å². The molecule has 2 aromatic rings. The van der Waals surface area contributed by atoms with Crippen LogP contribution in [0.1, 0.15) is 12.8 Å². The standard InChI is InChI=1S/C18H23N3O2S.2ClH/c22-17(12-15-13-24-11-9-19-15)20-8-3-10-23-16-6-1-4-14-5-2-7-21-18(14)16;;/h1-2,4-7,15,19H,3,8-13H2,(H,20,22);2*1H. The van der Waals surface area contributed by atoms with Gasteiger partial charge in [0.15, 0.2) is 0 Å². The van der Waals surface area contributed by atoms with Crippen LogP contribution in [0.25, 0.3) is 10.9 Å². The van der Waals surface area contributed by atoms with Crippen LogP contribution in [-0.2, 0) is 4.79 Å². The first-order valence-electron chi connectivity index (χ1n) is 8.37. The molecule has 5 nitrogen and oxygen atoms in total. The van der Waals surface area contributed by atoms with Gasteiger partial charge in [-0.15, -0.1) is 24.8 Å². The number of aromatic nitrogens is 1. The Morgan fingerprint density at radius 1 is 1.31 bits per heavy atom. The van der Waals surface area contributed by atoms with Crippen LogP contribution in [0.4, 0.5) is 0 Å². The molecule has 3 rings (SSSR count). The van der Waals surface area contributed by atoms with Crippen molar-refractivity contribution in [3.63, 3.8) is 0 Å². The second-order valence-electron chi connectivity index (χ2n) is 5.81. The van der Waals surface area contributed by atoms with E-state index in [1.807, 2.05) is 42.1 Å². The number of nitrogens with one attached hydrogen (secondary N) is 2. The molecule has 1 aliphatic heterocycles. The van der Waals surface area contributed by atoms with E-state index in [1.165, 1.54) is 0 Å². The highest BCUT2D eigenvalue weighted by molar-refractivity contribution is 7.99. The van der Waals surface area contributed by atoms with Crippen molar-refractivity contribution >= 4 is 53.4 Å². The Morgan fingerprint density at radius 2 is 2.15 bits per heavy atom. The number of halogens is 2. The first kappa shape index (κ1) is 22.8. The van der Waals surface area contributed by atoms with Gasteiger partial charge in [-0.25, -0.2) is 0 Å². The van der Waals surface area contributed by atoms with Gasteiger partial charge in [-0.2, -0.15) is 11.8 Å². The molecule has 8 heteroatoms. The Kier molecular flexibility index (Phi) is 10.7. The van der Waals surface area contributed by atoms with Crippen molar-refractivity contribution < 1.29 is 9.53 Å². The monoisotopic (exact) mass is 417 g/mol. The van der Waals surface area contributed by atoms with Gasteiger partial charge in [-0.05, 0) is 18.6 Å². The van der Waals surface area contributed by atoms with Crippen LogP contribution >= 0.6 is 36.6 Å². The summed E-state index contributed by atoms with van der Waals surface area (Å²) in [4.78, 5) is 16.3. The number of thioether (sulfide) groups is 1. The van der Waals surface area contributed by atoms with E-state index in [9.17, 15) is 4.79 Å². The largest absolute Gasteiger partial charge is 0.491 e. The SMILES string of the molecule is Cl.Cl.O=C(CC1CSCCN1)NCCCOc1cccc2cccnc12. The molecule has 0 radical (unpaired) electrons. The van der Waals surface area contributed by atoms with Gasteiger partial charge in [0.25, 0.3) is 0 Å².